The van der Waals surface area contributed by atoms with Crippen LogP contribution in [0.4, 0.5) is 5.69 Å². The summed E-state index contributed by atoms with van der Waals surface area (Å²) in [5.74, 6) is -4.95. The summed E-state index contributed by atoms with van der Waals surface area (Å²) in [5.41, 5.74) is 1.13. The van der Waals surface area contributed by atoms with Crippen LogP contribution < -0.4 is 0 Å². The van der Waals surface area contributed by atoms with Crippen LogP contribution in [0.5, 0.6) is 0 Å². The third kappa shape index (κ3) is 26.2. The number of esters is 2. The van der Waals surface area contributed by atoms with Crippen LogP contribution in [-0.2, 0) is 133 Å². The molecule has 688 valence electrons. The molecule has 0 unspecified atom stereocenters. The highest BCUT2D eigenvalue weighted by molar-refractivity contribution is 7.86. The molecule has 2 aromatic carbocycles. The van der Waals surface area contributed by atoms with Crippen molar-refractivity contribution in [3.63, 3.8) is 0 Å². The normalized spacial score (nSPS) is 37.3. The van der Waals surface area contributed by atoms with Crippen LogP contribution in [-0.4, -0.2) is 283 Å². The molecule has 0 aliphatic carbocycles. The summed E-state index contributed by atoms with van der Waals surface area (Å²) >= 11 is 0. The molecule has 0 saturated carbocycles. The minimum Gasteiger partial charge on any atom is -0.460 e. The van der Waals surface area contributed by atoms with Crippen LogP contribution in [0.15, 0.2) is 53.4 Å². The molecule has 0 bridgehead atoms. The Morgan fingerprint density at radius 3 is 1.02 bits per heavy atom. The number of nitrogens with zero attached hydrogens (tertiary/aromatic N) is 1. The number of rotatable bonds is 20. The van der Waals surface area contributed by atoms with E-state index in [0.29, 0.717) is 51.0 Å². The standard InChI is InChI=1S/C17H21NO7.C16H22O7S.C12H20O5.2C10H18O4.C9H16O5.C9H14O4/c1-4-12(13-9-14-16(23-13)25-17(2,3)24-14)22-15(19)10-5-7-11(8-6-10)18(20)21;1-10-4-6-11(7-5-10)24(18,19)20-9-12(17)13-8-14-15(21-13)23-16(2,3)22-14;1-5-8(14-7(2)13)9-6-10-11(15-9)17-12(3,4)16-10;2*1-4-6(11)7-5-8-9(12-7)14-10(2,3)13-8;1-9(2)13-7-3-6(5(11)4-10)12-8(7)14-9;1-9(2)12-6-3-5(7-4-10-7)11-8(6)13-9/h5-8,12-14,16H,4,9H2,1-3H3;4-7,12-15,17H,8-9H2,1-3H3;8-11H,5-6H2,1-4H3;2*6-9,11H,4-5H2,1-3H3;5-8,10-11H,3-4H2,1-2H3;5-8H,3-4H2,1-2H3/t12-,13-,14+,16+;12-,13+,14-,15-;8-,9-,10+,11+;6-,7+,8-,9-;6-,7-,8+,9+;5-,6+,7-,8-;5-,6+,7+,8+/m0101010/s1. The van der Waals surface area contributed by atoms with Crippen LogP contribution in [0.3, 0.4) is 0 Å². The monoisotopic (exact) mass is 1750 g/mol. The number of fused-ring (bicyclic) bond motifs is 7. The number of aliphatic hydroxyl groups excluding tert-OH is 5. The molecule has 17 rings (SSSR count). The molecule has 15 heterocycles. The van der Waals surface area contributed by atoms with Crippen molar-refractivity contribution in [1.82, 2.24) is 0 Å². The molecule has 0 radical (unpaired) electrons. The third-order valence-corrected chi connectivity index (χ3v) is 23.4. The number of aliphatic hydroxyl groups is 5. The summed E-state index contributed by atoms with van der Waals surface area (Å²) in [6, 6.07) is 11.6. The van der Waals surface area contributed by atoms with Crippen molar-refractivity contribution < 1.29 is 166 Å². The number of ether oxygens (including phenoxy) is 24. The first-order valence-corrected chi connectivity index (χ1v) is 43.6. The van der Waals surface area contributed by atoms with E-state index in [9.17, 15) is 48.5 Å². The van der Waals surface area contributed by atoms with Gasteiger partial charge in [-0.2, -0.15) is 8.42 Å². The number of aryl methyl sites for hydroxylation is 1. The zero-order valence-electron chi connectivity index (χ0n) is 72.9. The number of hydrogen-bond acceptors (Lipinski definition) is 36. The molecule has 37 nitrogen and oxygen atoms in total. The fraction of sp³-hybridized carbons (Fsp3) is 0.831. The van der Waals surface area contributed by atoms with Gasteiger partial charge < -0.3 is 139 Å². The molecule has 0 amide bonds. The lowest BCUT2D eigenvalue weighted by atomic mass is 10.1. The topological polar surface area (TPSA) is 447 Å². The van der Waals surface area contributed by atoms with Crippen LogP contribution in [0, 0.1) is 17.0 Å². The quantitative estimate of drug-likeness (QED) is 0.0275. The van der Waals surface area contributed by atoms with Gasteiger partial charge in [-0.05, 0) is 154 Å². The van der Waals surface area contributed by atoms with Crippen LogP contribution in [0.2, 0.25) is 0 Å². The first-order valence-electron chi connectivity index (χ1n) is 42.2. The second kappa shape index (κ2) is 39.7. The predicted octanol–water partition coefficient (Wildman–Crippen LogP) is 8.02. The Bertz CT molecular complexity index is 3590. The van der Waals surface area contributed by atoms with Gasteiger partial charge in [-0.1, -0.05) is 45.4 Å². The maximum Gasteiger partial charge on any atom is 0.338 e. The Hall–Kier alpha value is -4.39. The first kappa shape index (κ1) is 97.2. The summed E-state index contributed by atoms with van der Waals surface area (Å²) in [6.07, 6.45) is -0.343. The second-order valence-corrected chi connectivity index (χ2v) is 37.2. The van der Waals surface area contributed by atoms with Gasteiger partial charge in [0, 0.05) is 64.0 Å². The molecule has 15 saturated heterocycles. The Morgan fingerprint density at radius 2 is 0.727 bits per heavy atom. The smallest absolute Gasteiger partial charge is 0.338 e. The number of benzene rings is 2. The predicted molar refractivity (Wildman–Crippen MR) is 417 cm³/mol. The Balaban J connectivity index is 0.000000140. The second-order valence-electron chi connectivity index (χ2n) is 35.6. The molecule has 0 spiro atoms. The fourth-order valence-electron chi connectivity index (χ4n) is 16.4. The Labute approximate surface area is 707 Å². The average molecular weight is 1750 g/mol. The summed E-state index contributed by atoms with van der Waals surface area (Å²) in [5, 5.41) is 58.2. The summed E-state index contributed by atoms with van der Waals surface area (Å²) in [4.78, 5) is 33.5. The Kier molecular flexibility index (Phi) is 31.9. The summed E-state index contributed by atoms with van der Waals surface area (Å²) in [6.45, 7) is 37.1. The van der Waals surface area contributed by atoms with Crippen LogP contribution in [0.25, 0.3) is 0 Å². The number of non-ortho nitro benzene ring substituents is 1. The van der Waals surface area contributed by atoms with Crippen molar-refractivity contribution in [1.29, 1.82) is 0 Å². The van der Waals surface area contributed by atoms with Crippen LogP contribution in [0.1, 0.15) is 218 Å². The molecule has 38 heteroatoms. The molecule has 15 fully saturated rings. The number of carbonyl (C=O) groups is 2. The van der Waals surface area contributed by atoms with Gasteiger partial charge >= 0.3 is 11.9 Å². The van der Waals surface area contributed by atoms with Gasteiger partial charge in [-0.3, -0.25) is 19.1 Å². The van der Waals surface area contributed by atoms with E-state index >= 15 is 0 Å². The van der Waals surface area contributed by atoms with E-state index in [1.807, 2.05) is 118 Å². The average Bonchev–Trinajstić information content (AvgIpc) is 1.60. The van der Waals surface area contributed by atoms with E-state index < -0.39 is 117 Å². The molecule has 15 aliphatic rings. The van der Waals surface area contributed by atoms with Crippen molar-refractivity contribution in [2.45, 2.75) is 427 Å². The minimum atomic E-state index is -3.92. The van der Waals surface area contributed by atoms with Gasteiger partial charge in [0.1, 0.15) is 85.5 Å². The third-order valence-electron chi connectivity index (χ3n) is 22.1. The zero-order valence-corrected chi connectivity index (χ0v) is 73.7. The van der Waals surface area contributed by atoms with E-state index in [2.05, 4.69) is 0 Å². The fourth-order valence-corrected chi connectivity index (χ4v) is 17.3. The number of nitro groups is 1. The largest absolute Gasteiger partial charge is 0.460 e. The number of carbonyl (C=O) groups excluding carboxylic acids is 2. The van der Waals surface area contributed by atoms with Crippen molar-refractivity contribution in [2.24, 2.45) is 0 Å². The van der Waals surface area contributed by atoms with E-state index in [0.717, 1.165) is 37.9 Å². The summed E-state index contributed by atoms with van der Waals surface area (Å²) < 4.78 is 163. The van der Waals surface area contributed by atoms with Crippen molar-refractivity contribution in [3.8, 4) is 0 Å². The van der Waals surface area contributed by atoms with E-state index in [1.165, 1.54) is 43.3 Å². The first-order chi connectivity index (χ1) is 56.5. The molecule has 2 aromatic rings. The zero-order chi connectivity index (χ0) is 88.4. The highest BCUT2D eigenvalue weighted by Crippen LogP contribution is 2.46. The molecule has 5 N–H and O–H groups in total. The van der Waals surface area contributed by atoms with Gasteiger partial charge in [-0.25, -0.2) is 4.79 Å². The SMILES string of the molecule is CC1(C)O[C@H]2O[C@H]([C@H](O)CO)C[C@H]2O1.CC1(C)O[C@H]2O[C@H]([C@H]3CO3)C[C@H]2O1.CC[C@@H](O)[C@@H]1C[C@H]2OC(C)(C)O[C@H]2O1.CC[C@H](O)[C@@H]1C[C@H]2OC(C)(C)O[C@H]2O1.CC[C@H](OC(=O)c1ccc([N+](=O)[O-])cc1)[C@@H]1C[C@H]2OC(C)(C)O[C@H]2O1.CC[C@H](OC(C)=O)[C@@H]1C[C@H]2OC(C)(C)O[C@H]2O1.Cc1ccc(S(=O)(=O)OC[C@@H](O)[C@@H]2C[C@H]3OC(C)(C)O[C@H]3O2)cc1. The molecular weight excluding hydrogens is 1620 g/mol. The van der Waals surface area contributed by atoms with Gasteiger partial charge in [-0.15, -0.1) is 0 Å². The van der Waals surface area contributed by atoms with E-state index in [-0.39, 0.29) is 146 Å². The van der Waals surface area contributed by atoms with Crippen molar-refractivity contribution >= 4 is 27.7 Å². The minimum absolute atomic E-state index is 0.0174. The van der Waals surface area contributed by atoms with Crippen molar-refractivity contribution in [3.05, 3.63) is 69.8 Å². The molecule has 0 aromatic heterocycles. The maximum absolute atomic E-state index is 12.3. The lowest BCUT2D eigenvalue weighted by molar-refractivity contribution is -0.384. The highest BCUT2D eigenvalue weighted by Gasteiger charge is 2.58. The van der Waals surface area contributed by atoms with E-state index in [1.54, 1.807) is 26.0 Å². The number of nitro benzene ring substituents is 1. The van der Waals surface area contributed by atoms with Gasteiger partial charge in [0.05, 0.1) is 77.9 Å². The lowest BCUT2D eigenvalue weighted by Gasteiger charge is -2.25. The molecule has 121 heavy (non-hydrogen) atoms. The molecule has 28 atom stereocenters. The Morgan fingerprint density at radius 1 is 0.421 bits per heavy atom. The maximum atomic E-state index is 12.3. The van der Waals surface area contributed by atoms with Crippen molar-refractivity contribution in [2.75, 3.05) is 19.8 Å². The highest BCUT2D eigenvalue weighted by atomic mass is 32.2. The van der Waals surface area contributed by atoms with Gasteiger partial charge in [0.2, 0.25) is 0 Å². The van der Waals surface area contributed by atoms with E-state index in [4.69, 9.17) is 123 Å². The van der Waals surface area contributed by atoms with Gasteiger partial charge in [0.25, 0.3) is 15.8 Å². The number of hydrogen-bond donors (Lipinski definition) is 5. The molecule has 15 aliphatic heterocycles. The summed E-state index contributed by atoms with van der Waals surface area (Å²) in [7, 11) is -3.92. The molecular formula is C83H129NO36S. The lowest BCUT2D eigenvalue weighted by Crippen LogP contribution is -2.34. The van der Waals surface area contributed by atoms with Gasteiger partial charge in [0.15, 0.2) is 84.5 Å². The van der Waals surface area contributed by atoms with Crippen LogP contribution >= 0.6 is 0 Å². The number of epoxide rings is 1.